The molecule has 2 rings (SSSR count). The van der Waals surface area contributed by atoms with E-state index in [-0.39, 0.29) is 17.7 Å². The second-order valence-electron chi connectivity index (χ2n) is 6.24. The third-order valence-electron chi connectivity index (χ3n) is 3.85. The lowest BCUT2D eigenvalue weighted by Crippen LogP contribution is -2.36. The number of aromatic nitrogens is 3. The largest absolute Gasteiger partial charge is 0.481 e. The summed E-state index contributed by atoms with van der Waals surface area (Å²) in [5, 5.41) is 2.13. The third-order valence-corrected chi connectivity index (χ3v) is 5.22. The summed E-state index contributed by atoms with van der Waals surface area (Å²) in [5.74, 6) is -1.15. The van der Waals surface area contributed by atoms with Crippen LogP contribution in [0.2, 0.25) is 0 Å². The van der Waals surface area contributed by atoms with E-state index in [1.54, 1.807) is 4.72 Å². The average Bonchev–Trinajstić information content (AvgIpc) is 2.76. The molecule has 2 N–H and O–H groups in total. The molecule has 0 aliphatic rings. The Labute approximate surface area is 188 Å². The summed E-state index contributed by atoms with van der Waals surface area (Å²) in [6.45, 7) is 0.576. The van der Waals surface area contributed by atoms with Crippen LogP contribution in [0.15, 0.2) is 29.3 Å². The van der Waals surface area contributed by atoms with Crippen LogP contribution in [-0.4, -0.2) is 69.5 Å². The molecule has 0 bridgehead atoms. The molecular weight excluding hydrogens is 465 g/mol. The maximum absolute atomic E-state index is 14.2. The molecule has 0 saturated heterocycles. The number of rotatable bonds is 10. The van der Waals surface area contributed by atoms with Gasteiger partial charge < -0.3 is 18.9 Å². The van der Waals surface area contributed by atoms with Gasteiger partial charge in [-0.1, -0.05) is 0 Å². The number of hydrogen-bond acceptors (Lipinski definition) is 11. The van der Waals surface area contributed by atoms with Crippen molar-refractivity contribution in [1.29, 1.82) is 0 Å². The second-order valence-corrected chi connectivity index (χ2v) is 7.89. The number of urea groups is 1. The van der Waals surface area contributed by atoms with E-state index in [4.69, 9.17) is 14.2 Å². The van der Waals surface area contributed by atoms with Crippen molar-refractivity contribution in [3.63, 3.8) is 0 Å². The molecule has 33 heavy (non-hydrogen) atoms. The molecule has 0 aliphatic heterocycles. The van der Waals surface area contributed by atoms with Crippen LogP contribution >= 0.6 is 0 Å². The molecule has 15 heteroatoms. The van der Waals surface area contributed by atoms with E-state index in [1.165, 1.54) is 39.7 Å². The van der Waals surface area contributed by atoms with Crippen molar-refractivity contribution in [1.82, 2.24) is 19.7 Å². The number of alkyl halides is 1. The maximum atomic E-state index is 14.2. The summed E-state index contributed by atoms with van der Waals surface area (Å²) in [6, 6.07) is 2.43. The average molecular weight is 487 g/mol. The first-order valence-electron chi connectivity index (χ1n) is 9.19. The Morgan fingerprint density at radius 2 is 1.79 bits per heavy atom. The SMILES string of the molecule is COCC(=O)O[C@@H](c1ncccc1S(=O)(=O)NC(=O)Nc1nc(OC)cc(OC)n1)[C@@H](C)F. The minimum Gasteiger partial charge on any atom is -0.481 e. The fourth-order valence-electron chi connectivity index (χ4n) is 2.48. The summed E-state index contributed by atoms with van der Waals surface area (Å²) in [7, 11) is -0.726. The number of nitrogens with zero attached hydrogens (tertiary/aromatic N) is 3. The van der Waals surface area contributed by atoms with Crippen LogP contribution in [0.5, 0.6) is 11.8 Å². The molecule has 2 aromatic rings. The van der Waals surface area contributed by atoms with Crippen LogP contribution < -0.4 is 19.5 Å². The smallest absolute Gasteiger partial charge is 0.335 e. The Kier molecular flexibility index (Phi) is 8.81. The molecule has 2 heterocycles. The first-order valence-corrected chi connectivity index (χ1v) is 10.7. The zero-order valence-corrected chi connectivity index (χ0v) is 18.9. The predicted octanol–water partition coefficient (Wildman–Crippen LogP) is 0.988. The quantitative estimate of drug-likeness (QED) is 0.458. The minimum absolute atomic E-state index is 0.0483. The van der Waals surface area contributed by atoms with Gasteiger partial charge in [0.1, 0.15) is 23.4 Å². The first kappa shape index (κ1) is 25.7. The Morgan fingerprint density at radius 3 is 2.33 bits per heavy atom. The van der Waals surface area contributed by atoms with Gasteiger partial charge in [-0.25, -0.2) is 27.1 Å². The number of carbonyl (C=O) groups is 2. The topological polar surface area (TPSA) is 168 Å². The monoisotopic (exact) mass is 487 g/mol. The highest BCUT2D eigenvalue weighted by Crippen LogP contribution is 2.28. The standard InChI is InChI=1S/C18H22FN5O8S/c1-10(19)16(32-14(25)9-29-2)15-11(6-5-7-20-15)33(27,28)24-18(26)23-17-21-12(30-3)8-13(22-17)31-4/h5-8,10,16H,9H2,1-4H3,(H2,21,22,23,24,26)/t10-,16-/m1/s1. The number of ether oxygens (including phenoxy) is 4. The van der Waals surface area contributed by atoms with Gasteiger partial charge in [-0.2, -0.15) is 9.97 Å². The van der Waals surface area contributed by atoms with Gasteiger partial charge in [-0.05, 0) is 19.1 Å². The van der Waals surface area contributed by atoms with E-state index in [1.807, 2.05) is 0 Å². The van der Waals surface area contributed by atoms with Crippen LogP contribution in [0.4, 0.5) is 15.1 Å². The summed E-state index contributed by atoms with van der Waals surface area (Å²) in [5.41, 5.74) is -0.420. The van der Waals surface area contributed by atoms with Crippen LogP contribution in [0, 0.1) is 0 Å². The number of carbonyl (C=O) groups excluding carboxylic acids is 2. The summed E-state index contributed by atoms with van der Waals surface area (Å²) >= 11 is 0. The van der Waals surface area contributed by atoms with Crippen LogP contribution in [-0.2, 0) is 24.3 Å². The number of nitrogens with one attached hydrogen (secondary N) is 2. The Bertz CT molecular complexity index is 1080. The van der Waals surface area contributed by atoms with Gasteiger partial charge in [0.2, 0.25) is 17.7 Å². The lowest BCUT2D eigenvalue weighted by molar-refractivity contribution is -0.157. The maximum Gasteiger partial charge on any atom is 0.335 e. The molecule has 0 fully saturated rings. The van der Waals surface area contributed by atoms with Gasteiger partial charge in [-0.15, -0.1) is 0 Å². The van der Waals surface area contributed by atoms with E-state index in [9.17, 15) is 22.4 Å². The molecular formula is C18H22FN5O8S. The number of methoxy groups -OCH3 is 3. The molecule has 2 aromatic heterocycles. The number of pyridine rings is 1. The molecule has 180 valence electrons. The zero-order chi connectivity index (χ0) is 24.6. The number of hydrogen-bond donors (Lipinski definition) is 2. The lowest BCUT2D eigenvalue weighted by Gasteiger charge is -2.21. The number of amides is 2. The van der Waals surface area contributed by atoms with Gasteiger partial charge in [0.25, 0.3) is 10.0 Å². The molecule has 2 atom stereocenters. The number of esters is 1. The van der Waals surface area contributed by atoms with Crippen molar-refractivity contribution in [3.05, 3.63) is 30.1 Å². The van der Waals surface area contributed by atoms with Gasteiger partial charge in [0.15, 0.2) is 6.10 Å². The Balaban J connectivity index is 2.30. The van der Waals surface area contributed by atoms with Crippen molar-refractivity contribution >= 4 is 28.0 Å². The van der Waals surface area contributed by atoms with Crippen molar-refractivity contribution in [2.45, 2.75) is 24.1 Å². The van der Waals surface area contributed by atoms with E-state index in [0.29, 0.717) is 0 Å². The fourth-order valence-corrected chi connectivity index (χ4v) is 3.58. The van der Waals surface area contributed by atoms with Crippen molar-refractivity contribution in [2.24, 2.45) is 0 Å². The molecule has 0 unspecified atom stereocenters. The summed E-state index contributed by atoms with van der Waals surface area (Å²) in [4.78, 5) is 35.1. The molecule has 0 aliphatic carbocycles. The lowest BCUT2D eigenvalue weighted by atomic mass is 10.1. The van der Waals surface area contributed by atoms with Gasteiger partial charge in [0, 0.05) is 13.3 Å². The van der Waals surface area contributed by atoms with Crippen molar-refractivity contribution < 1.29 is 41.3 Å². The summed E-state index contributed by atoms with van der Waals surface area (Å²) in [6.07, 6.45) is -2.32. The van der Waals surface area contributed by atoms with E-state index < -0.39 is 51.5 Å². The zero-order valence-electron chi connectivity index (χ0n) is 18.1. The predicted molar refractivity (Wildman–Crippen MR) is 110 cm³/mol. The highest BCUT2D eigenvalue weighted by atomic mass is 32.2. The number of anilines is 1. The van der Waals surface area contributed by atoms with Crippen molar-refractivity contribution in [3.8, 4) is 11.8 Å². The van der Waals surface area contributed by atoms with E-state index in [2.05, 4.69) is 25.0 Å². The van der Waals surface area contributed by atoms with Crippen LogP contribution in [0.25, 0.3) is 0 Å². The second kappa shape index (κ2) is 11.3. The number of halogens is 1. The third kappa shape index (κ3) is 6.95. The Hall–Kier alpha value is -3.59. The van der Waals surface area contributed by atoms with Crippen LogP contribution in [0.1, 0.15) is 18.7 Å². The highest BCUT2D eigenvalue weighted by molar-refractivity contribution is 7.90. The highest BCUT2D eigenvalue weighted by Gasteiger charge is 2.32. The van der Waals surface area contributed by atoms with Gasteiger partial charge >= 0.3 is 12.0 Å². The first-order chi connectivity index (χ1) is 15.6. The number of sulfonamides is 1. The van der Waals surface area contributed by atoms with E-state index in [0.717, 1.165) is 13.0 Å². The normalized spacial score (nSPS) is 12.9. The molecule has 2 amide bonds. The molecule has 0 aromatic carbocycles. The summed E-state index contributed by atoms with van der Waals surface area (Å²) < 4.78 is 61.2. The van der Waals surface area contributed by atoms with Crippen molar-refractivity contribution in [2.75, 3.05) is 33.3 Å². The van der Waals surface area contributed by atoms with Crippen LogP contribution in [0.3, 0.4) is 0 Å². The molecule has 0 saturated carbocycles. The van der Waals surface area contributed by atoms with E-state index >= 15 is 0 Å². The fraction of sp³-hybridized carbons (Fsp3) is 0.389. The van der Waals surface area contributed by atoms with Gasteiger partial charge in [0.05, 0.1) is 20.3 Å². The molecule has 0 spiro atoms. The van der Waals surface area contributed by atoms with Gasteiger partial charge in [-0.3, -0.25) is 10.3 Å². The molecule has 13 nitrogen and oxygen atoms in total. The Morgan fingerprint density at radius 1 is 1.15 bits per heavy atom. The molecule has 0 radical (unpaired) electrons. The minimum atomic E-state index is -4.60.